The average Bonchev–Trinajstić information content (AvgIpc) is 2.90. The molecule has 0 spiro atoms. The zero-order valence-electron chi connectivity index (χ0n) is 13.2. The smallest absolute Gasteiger partial charge is 0.244 e. The summed E-state index contributed by atoms with van der Waals surface area (Å²) >= 11 is 0. The fourth-order valence-electron chi connectivity index (χ4n) is 2.76. The molecule has 0 bridgehead atoms. The van der Waals surface area contributed by atoms with E-state index >= 15 is 0 Å². The summed E-state index contributed by atoms with van der Waals surface area (Å²) in [4.78, 5) is 27.5. The monoisotopic (exact) mass is 292 g/mol. The lowest BCUT2D eigenvalue weighted by Gasteiger charge is -2.34. The lowest BCUT2D eigenvalue weighted by Crippen LogP contribution is -2.49. The molecule has 1 N–H and O–H groups in total. The van der Waals surface area contributed by atoms with E-state index < -0.39 is 6.04 Å². The Kier molecular flexibility index (Phi) is 4.67. The number of carbonyl (C=O) groups excluding carboxylic acids is 2. The normalized spacial score (nSPS) is 19.7. The zero-order chi connectivity index (χ0) is 15.6. The van der Waals surface area contributed by atoms with Gasteiger partial charge in [-0.25, -0.2) is 0 Å². The van der Waals surface area contributed by atoms with E-state index in [1.165, 1.54) is 10.6 Å². The Morgan fingerprint density at radius 2 is 2.14 bits per heavy atom. The Balaban J connectivity index is 1.91. The zero-order valence-corrected chi connectivity index (χ0v) is 13.2. The highest BCUT2D eigenvalue weighted by atomic mass is 16.2. The van der Waals surface area contributed by atoms with Gasteiger partial charge in [-0.15, -0.1) is 0 Å². The molecule has 21 heavy (non-hydrogen) atoms. The first kappa shape index (κ1) is 15.6. The molecular formula is C15H24N4O2. The van der Waals surface area contributed by atoms with Gasteiger partial charge in [-0.1, -0.05) is 0 Å². The number of aromatic nitrogens is 1. The summed E-state index contributed by atoms with van der Waals surface area (Å²) in [6, 6.07) is 3.84. The molecule has 0 fully saturated rings. The van der Waals surface area contributed by atoms with Gasteiger partial charge in [0, 0.05) is 45.1 Å². The number of carbonyl (C=O) groups is 2. The number of nitrogens with zero attached hydrogens (tertiary/aromatic N) is 3. The second-order valence-corrected chi connectivity index (χ2v) is 5.79. The first-order valence-corrected chi connectivity index (χ1v) is 7.29. The third-order valence-corrected chi connectivity index (χ3v) is 4.00. The topological polar surface area (TPSA) is 57.6 Å². The summed E-state index contributed by atoms with van der Waals surface area (Å²) in [7, 11) is 3.37. The minimum atomic E-state index is -0.489. The van der Waals surface area contributed by atoms with Crippen molar-refractivity contribution < 1.29 is 9.59 Å². The van der Waals surface area contributed by atoms with Crippen LogP contribution in [-0.2, 0) is 16.1 Å². The van der Waals surface area contributed by atoms with Crippen molar-refractivity contribution in [1.82, 2.24) is 19.7 Å². The van der Waals surface area contributed by atoms with Crippen LogP contribution in [0.5, 0.6) is 0 Å². The van der Waals surface area contributed by atoms with Gasteiger partial charge in [0.15, 0.2) is 0 Å². The van der Waals surface area contributed by atoms with Crippen LogP contribution >= 0.6 is 0 Å². The molecule has 0 saturated heterocycles. The van der Waals surface area contributed by atoms with Gasteiger partial charge in [-0.2, -0.15) is 0 Å². The maximum absolute atomic E-state index is 12.1. The predicted molar refractivity (Wildman–Crippen MR) is 80.7 cm³/mol. The van der Waals surface area contributed by atoms with Crippen molar-refractivity contribution in [2.75, 3.05) is 27.2 Å². The number of hydrogen-bond donors (Lipinski definition) is 1. The third kappa shape index (κ3) is 3.44. The molecule has 2 amide bonds. The first-order chi connectivity index (χ1) is 9.90. The van der Waals surface area contributed by atoms with Crippen LogP contribution in [0.4, 0.5) is 0 Å². The lowest BCUT2D eigenvalue weighted by molar-refractivity contribution is -0.134. The summed E-state index contributed by atoms with van der Waals surface area (Å²) in [6.45, 7) is 5.87. The largest absolute Gasteiger partial charge is 0.349 e. The van der Waals surface area contributed by atoms with E-state index in [-0.39, 0.29) is 17.9 Å². The molecular weight excluding hydrogens is 268 g/mol. The second-order valence-electron chi connectivity index (χ2n) is 5.79. The Morgan fingerprint density at radius 3 is 2.81 bits per heavy atom. The van der Waals surface area contributed by atoms with E-state index in [9.17, 15) is 9.59 Å². The van der Waals surface area contributed by atoms with Crippen LogP contribution in [0.3, 0.4) is 0 Å². The summed E-state index contributed by atoms with van der Waals surface area (Å²) in [5, 5.41) is 2.77. The van der Waals surface area contributed by atoms with Gasteiger partial charge in [0.05, 0.1) is 6.54 Å². The van der Waals surface area contributed by atoms with E-state index in [4.69, 9.17) is 0 Å². The summed E-state index contributed by atoms with van der Waals surface area (Å²) in [6.07, 6.45) is 2.07. The van der Waals surface area contributed by atoms with Crippen molar-refractivity contribution in [2.24, 2.45) is 0 Å². The van der Waals surface area contributed by atoms with Crippen molar-refractivity contribution >= 4 is 11.8 Å². The molecule has 2 heterocycles. The fourth-order valence-corrected chi connectivity index (χ4v) is 2.76. The van der Waals surface area contributed by atoms with Crippen molar-refractivity contribution in [2.45, 2.75) is 32.5 Å². The third-order valence-electron chi connectivity index (χ3n) is 4.00. The van der Waals surface area contributed by atoms with Crippen molar-refractivity contribution in [3.63, 3.8) is 0 Å². The molecule has 1 aliphatic rings. The van der Waals surface area contributed by atoms with Crippen molar-refractivity contribution in [3.8, 4) is 0 Å². The number of rotatable bonds is 4. The number of amides is 2. The molecule has 6 nitrogen and oxygen atoms in total. The maximum atomic E-state index is 12.1. The standard InChI is InChI=1S/C15H24N4O2/c1-11(15(21)17(3)4)16-14(20)10-19-9-8-18-7-5-6-13(18)12(19)2/h5-7,11-12H,8-10H2,1-4H3,(H,16,20)/t11-,12+/m0/s1. The van der Waals surface area contributed by atoms with Gasteiger partial charge in [-0.3, -0.25) is 14.5 Å². The minimum Gasteiger partial charge on any atom is -0.349 e. The highest BCUT2D eigenvalue weighted by Crippen LogP contribution is 2.24. The molecule has 0 radical (unpaired) electrons. The Bertz CT molecular complexity index is 523. The maximum Gasteiger partial charge on any atom is 0.244 e. The molecule has 0 aromatic carbocycles. The summed E-state index contributed by atoms with van der Waals surface area (Å²) < 4.78 is 2.22. The number of likely N-dealkylation sites (N-methyl/N-ethyl adjacent to an activating group) is 1. The van der Waals surface area contributed by atoms with E-state index in [1.807, 2.05) is 6.07 Å². The van der Waals surface area contributed by atoms with Crippen LogP contribution in [0, 0.1) is 0 Å². The molecule has 0 aliphatic carbocycles. The highest BCUT2D eigenvalue weighted by Gasteiger charge is 2.26. The molecule has 2 atom stereocenters. The van der Waals surface area contributed by atoms with Gasteiger partial charge in [0.25, 0.3) is 0 Å². The van der Waals surface area contributed by atoms with E-state index in [0.29, 0.717) is 6.54 Å². The Morgan fingerprint density at radius 1 is 1.43 bits per heavy atom. The van der Waals surface area contributed by atoms with Crippen molar-refractivity contribution in [1.29, 1.82) is 0 Å². The summed E-state index contributed by atoms with van der Waals surface area (Å²) in [5.74, 6) is -0.200. The SMILES string of the molecule is C[C@H](NC(=O)CN1CCn2cccc2[C@H]1C)C(=O)N(C)C. The predicted octanol–water partition coefficient (Wildman–Crippen LogP) is 0.458. The Labute approximate surface area is 125 Å². The van der Waals surface area contributed by atoms with E-state index in [0.717, 1.165) is 13.1 Å². The fraction of sp³-hybridized carbons (Fsp3) is 0.600. The van der Waals surface area contributed by atoms with Gasteiger partial charge in [0.2, 0.25) is 11.8 Å². The van der Waals surface area contributed by atoms with Crippen molar-refractivity contribution in [3.05, 3.63) is 24.0 Å². The first-order valence-electron chi connectivity index (χ1n) is 7.29. The van der Waals surface area contributed by atoms with Crippen LogP contribution < -0.4 is 5.32 Å². The van der Waals surface area contributed by atoms with Crippen LogP contribution in [-0.4, -0.2) is 59.4 Å². The highest BCUT2D eigenvalue weighted by molar-refractivity contribution is 5.87. The molecule has 6 heteroatoms. The van der Waals surface area contributed by atoms with Crippen LogP contribution in [0.2, 0.25) is 0 Å². The van der Waals surface area contributed by atoms with Gasteiger partial charge in [-0.05, 0) is 26.0 Å². The second kappa shape index (κ2) is 6.30. The molecule has 2 rings (SSSR count). The average molecular weight is 292 g/mol. The molecule has 1 aromatic heterocycles. The number of fused-ring (bicyclic) bond motifs is 1. The molecule has 0 unspecified atom stereocenters. The van der Waals surface area contributed by atoms with Crippen LogP contribution in [0.15, 0.2) is 18.3 Å². The van der Waals surface area contributed by atoms with E-state index in [1.54, 1.807) is 21.0 Å². The molecule has 0 saturated carbocycles. The van der Waals surface area contributed by atoms with Gasteiger partial charge < -0.3 is 14.8 Å². The quantitative estimate of drug-likeness (QED) is 0.877. The number of hydrogen-bond acceptors (Lipinski definition) is 3. The molecule has 116 valence electrons. The van der Waals surface area contributed by atoms with Crippen LogP contribution in [0.25, 0.3) is 0 Å². The van der Waals surface area contributed by atoms with Gasteiger partial charge in [0.1, 0.15) is 6.04 Å². The lowest BCUT2D eigenvalue weighted by atomic mass is 10.1. The number of nitrogens with one attached hydrogen (secondary N) is 1. The van der Waals surface area contributed by atoms with Gasteiger partial charge >= 0.3 is 0 Å². The summed E-state index contributed by atoms with van der Waals surface area (Å²) in [5.41, 5.74) is 1.23. The Hall–Kier alpha value is -1.82. The van der Waals surface area contributed by atoms with Crippen LogP contribution in [0.1, 0.15) is 25.6 Å². The minimum absolute atomic E-state index is 0.0936. The van der Waals surface area contributed by atoms with E-state index in [2.05, 4.69) is 34.0 Å². The molecule has 1 aromatic rings. The molecule has 1 aliphatic heterocycles.